The van der Waals surface area contributed by atoms with Crippen molar-refractivity contribution in [1.82, 2.24) is 14.7 Å². The monoisotopic (exact) mass is 433 g/mol. The molecule has 1 aromatic rings. The van der Waals surface area contributed by atoms with Gasteiger partial charge in [0.1, 0.15) is 0 Å². The number of amides is 1. The molecule has 0 radical (unpaired) electrons. The lowest BCUT2D eigenvalue weighted by atomic mass is 9.94. The third-order valence-corrected chi connectivity index (χ3v) is 6.96. The topological polar surface area (TPSA) is 54.5 Å². The molecule has 1 heterocycles. The summed E-state index contributed by atoms with van der Waals surface area (Å²) < 4.78 is 16.5. The van der Waals surface area contributed by atoms with Crippen LogP contribution < -0.4 is 14.2 Å². The summed E-state index contributed by atoms with van der Waals surface area (Å²) in [4.78, 5) is 19.8. The van der Waals surface area contributed by atoms with Gasteiger partial charge in [-0.1, -0.05) is 25.3 Å². The van der Waals surface area contributed by atoms with E-state index in [4.69, 9.17) is 14.2 Å². The maximum absolute atomic E-state index is 13.1. The zero-order valence-corrected chi connectivity index (χ0v) is 19.9. The van der Waals surface area contributed by atoms with Crippen LogP contribution in [0.3, 0.4) is 0 Å². The molecule has 0 aromatic heterocycles. The minimum atomic E-state index is -0.0651. The second kappa shape index (κ2) is 11.0. The number of benzene rings is 1. The highest BCUT2D eigenvalue weighted by Crippen LogP contribution is 2.40. The van der Waals surface area contributed by atoms with Crippen molar-refractivity contribution in [2.45, 2.75) is 57.7 Å². The highest BCUT2D eigenvalue weighted by Gasteiger charge is 2.31. The van der Waals surface area contributed by atoms with E-state index in [-0.39, 0.29) is 11.9 Å². The fourth-order valence-electron chi connectivity index (χ4n) is 4.94. The highest BCUT2D eigenvalue weighted by molar-refractivity contribution is 5.81. The van der Waals surface area contributed by atoms with E-state index < -0.39 is 0 Å². The number of nitrogens with zero attached hydrogens (tertiary/aromatic N) is 3. The van der Waals surface area contributed by atoms with Crippen molar-refractivity contribution in [3.05, 3.63) is 17.7 Å². The Kier molecular flexibility index (Phi) is 8.43. The van der Waals surface area contributed by atoms with E-state index in [9.17, 15) is 4.79 Å². The SMILES string of the molecule is COc1ccc(CN2CCN([C@H](C)C(=O)N(C)C3CCCCC3)CC2)c(OC)c1OC. The molecule has 1 aromatic carbocycles. The summed E-state index contributed by atoms with van der Waals surface area (Å²) in [6, 6.07) is 4.32. The Balaban J connectivity index is 1.56. The maximum atomic E-state index is 13.1. The molecule has 31 heavy (non-hydrogen) atoms. The summed E-state index contributed by atoms with van der Waals surface area (Å²) in [5, 5.41) is 0. The third-order valence-electron chi connectivity index (χ3n) is 6.96. The summed E-state index contributed by atoms with van der Waals surface area (Å²) in [6.45, 7) is 6.46. The minimum absolute atomic E-state index is 0.0651. The summed E-state index contributed by atoms with van der Waals surface area (Å²) >= 11 is 0. The van der Waals surface area contributed by atoms with Crippen molar-refractivity contribution in [3.8, 4) is 17.2 Å². The third kappa shape index (κ3) is 5.44. The molecule has 7 heteroatoms. The van der Waals surface area contributed by atoms with Crippen molar-refractivity contribution in [1.29, 1.82) is 0 Å². The van der Waals surface area contributed by atoms with Crippen LogP contribution in [0.4, 0.5) is 0 Å². The molecule has 7 nitrogen and oxygen atoms in total. The smallest absolute Gasteiger partial charge is 0.239 e. The van der Waals surface area contributed by atoms with Crippen LogP contribution in [0.25, 0.3) is 0 Å². The molecule has 0 spiro atoms. The van der Waals surface area contributed by atoms with Crippen molar-refractivity contribution in [2.75, 3.05) is 54.6 Å². The van der Waals surface area contributed by atoms with Gasteiger partial charge in [0.15, 0.2) is 11.5 Å². The first-order valence-electron chi connectivity index (χ1n) is 11.5. The minimum Gasteiger partial charge on any atom is -0.493 e. The lowest BCUT2D eigenvalue weighted by Crippen LogP contribution is -2.55. The molecule has 0 unspecified atom stereocenters. The van der Waals surface area contributed by atoms with Crippen LogP contribution in [-0.4, -0.2) is 87.2 Å². The van der Waals surface area contributed by atoms with Gasteiger partial charge in [-0.15, -0.1) is 0 Å². The molecule has 1 aliphatic heterocycles. The van der Waals surface area contributed by atoms with Gasteiger partial charge in [0.25, 0.3) is 0 Å². The summed E-state index contributed by atoms with van der Waals surface area (Å²) in [5.41, 5.74) is 1.08. The van der Waals surface area contributed by atoms with Gasteiger partial charge in [0.05, 0.1) is 27.4 Å². The van der Waals surface area contributed by atoms with E-state index in [0.717, 1.165) is 56.9 Å². The first-order valence-corrected chi connectivity index (χ1v) is 11.5. The fraction of sp³-hybridized carbons (Fsp3) is 0.708. The molecule has 0 bridgehead atoms. The average Bonchev–Trinajstić information content (AvgIpc) is 2.83. The number of carbonyl (C=O) groups is 1. The van der Waals surface area contributed by atoms with E-state index in [2.05, 4.69) is 16.7 Å². The van der Waals surface area contributed by atoms with Crippen LogP contribution in [0.1, 0.15) is 44.6 Å². The molecule has 174 valence electrons. The number of hydrogen-bond acceptors (Lipinski definition) is 6. The van der Waals surface area contributed by atoms with Gasteiger partial charge in [0.2, 0.25) is 11.7 Å². The van der Waals surface area contributed by atoms with Crippen LogP contribution in [-0.2, 0) is 11.3 Å². The van der Waals surface area contributed by atoms with Gasteiger partial charge in [-0.3, -0.25) is 14.6 Å². The molecule has 3 rings (SSSR count). The lowest BCUT2D eigenvalue weighted by Gasteiger charge is -2.40. The van der Waals surface area contributed by atoms with Crippen molar-refractivity contribution >= 4 is 5.91 Å². The molecular formula is C24H39N3O4. The van der Waals surface area contributed by atoms with Gasteiger partial charge >= 0.3 is 0 Å². The number of hydrogen-bond donors (Lipinski definition) is 0. The molecule has 1 saturated carbocycles. The molecule has 1 amide bonds. The van der Waals surface area contributed by atoms with Crippen molar-refractivity contribution in [3.63, 3.8) is 0 Å². The maximum Gasteiger partial charge on any atom is 0.239 e. The second-order valence-electron chi connectivity index (χ2n) is 8.72. The van der Waals surface area contributed by atoms with Gasteiger partial charge in [-0.2, -0.15) is 0 Å². The summed E-state index contributed by atoms with van der Waals surface area (Å²) in [6.07, 6.45) is 6.09. The molecular weight excluding hydrogens is 394 g/mol. The Labute approximate surface area is 187 Å². The second-order valence-corrected chi connectivity index (χ2v) is 8.72. The molecule has 1 atom stereocenters. The number of ether oxygens (including phenoxy) is 3. The quantitative estimate of drug-likeness (QED) is 0.628. The Morgan fingerprint density at radius 3 is 2.23 bits per heavy atom. The van der Waals surface area contributed by atoms with Crippen LogP contribution in [0.15, 0.2) is 12.1 Å². The van der Waals surface area contributed by atoms with E-state index >= 15 is 0 Å². The Bertz CT molecular complexity index is 728. The lowest BCUT2D eigenvalue weighted by molar-refractivity contribution is -0.138. The van der Waals surface area contributed by atoms with Crippen LogP contribution in [0.2, 0.25) is 0 Å². The van der Waals surface area contributed by atoms with Crippen LogP contribution >= 0.6 is 0 Å². The first-order chi connectivity index (χ1) is 15.0. The van der Waals surface area contributed by atoms with E-state index in [0.29, 0.717) is 17.5 Å². The molecule has 1 saturated heterocycles. The summed E-state index contributed by atoms with van der Waals surface area (Å²) in [7, 11) is 6.92. The van der Waals surface area contributed by atoms with Crippen LogP contribution in [0, 0.1) is 0 Å². The van der Waals surface area contributed by atoms with E-state index in [1.165, 1.54) is 19.3 Å². The Morgan fingerprint density at radius 2 is 1.65 bits per heavy atom. The first kappa shape index (κ1) is 23.7. The Hall–Kier alpha value is -1.99. The summed E-state index contributed by atoms with van der Waals surface area (Å²) in [5.74, 6) is 2.29. The average molecular weight is 434 g/mol. The van der Waals surface area contributed by atoms with Crippen molar-refractivity contribution < 1.29 is 19.0 Å². The fourth-order valence-corrected chi connectivity index (χ4v) is 4.94. The molecule has 2 aliphatic rings. The molecule has 1 aliphatic carbocycles. The van der Waals surface area contributed by atoms with Gasteiger partial charge in [-0.05, 0) is 25.8 Å². The van der Waals surface area contributed by atoms with Gasteiger partial charge in [0, 0.05) is 51.4 Å². The standard InChI is InChI=1S/C24H39N3O4/c1-18(24(28)25(2)20-9-7-6-8-10-20)27-15-13-26(14-16-27)17-19-11-12-21(29-3)23(31-5)22(19)30-4/h11-12,18,20H,6-10,13-17H2,1-5H3/t18-/m1/s1. The predicted octanol–water partition coefficient (Wildman–Crippen LogP) is 3.01. The van der Waals surface area contributed by atoms with E-state index in [1.54, 1.807) is 21.3 Å². The Morgan fingerprint density at radius 1 is 1.00 bits per heavy atom. The zero-order valence-electron chi connectivity index (χ0n) is 19.9. The number of piperazine rings is 1. The van der Waals surface area contributed by atoms with E-state index in [1.807, 2.05) is 24.1 Å². The predicted molar refractivity (Wildman–Crippen MR) is 122 cm³/mol. The molecule has 2 fully saturated rings. The van der Waals surface area contributed by atoms with Gasteiger partial charge in [-0.25, -0.2) is 0 Å². The number of likely N-dealkylation sites (N-methyl/N-ethyl adjacent to an activating group) is 1. The number of carbonyl (C=O) groups excluding carboxylic acids is 1. The highest BCUT2D eigenvalue weighted by atomic mass is 16.5. The van der Waals surface area contributed by atoms with Crippen LogP contribution in [0.5, 0.6) is 17.2 Å². The zero-order chi connectivity index (χ0) is 22.4. The normalized spacial score (nSPS) is 19.6. The number of methoxy groups -OCH3 is 3. The molecule has 0 N–H and O–H groups in total. The largest absolute Gasteiger partial charge is 0.493 e. The van der Waals surface area contributed by atoms with Gasteiger partial charge < -0.3 is 19.1 Å². The number of rotatable bonds is 8. The van der Waals surface area contributed by atoms with Crippen molar-refractivity contribution in [2.24, 2.45) is 0 Å².